The minimum absolute atomic E-state index is 0.189. The Morgan fingerprint density at radius 3 is 2.50 bits per heavy atom. The molecule has 2 rings (SSSR count). The van der Waals surface area contributed by atoms with Crippen molar-refractivity contribution < 1.29 is 4.74 Å². The predicted octanol–water partition coefficient (Wildman–Crippen LogP) is 4.00. The molecule has 108 valence electrons. The van der Waals surface area contributed by atoms with Gasteiger partial charge in [0.2, 0.25) is 5.88 Å². The number of nitrogens with zero attached hydrogens (tertiary/aromatic N) is 4. The largest absolute Gasteiger partial charge is 0.436 e. The van der Waals surface area contributed by atoms with Gasteiger partial charge in [-0.05, 0) is 13.8 Å². The van der Waals surface area contributed by atoms with Crippen LogP contribution >= 0.6 is 11.6 Å². The summed E-state index contributed by atoms with van der Waals surface area (Å²) in [5.74, 6) is 1.71. The van der Waals surface area contributed by atoms with Crippen molar-refractivity contribution in [3.63, 3.8) is 0 Å². The first-order valence-corrected chi connectivity index (χ1v) is 6.90. The Hall–Kier alpha value is -1.62. The van der Waals surface area contributed by atoms with E-state index < -0.39 is 0 Å². The van der Waals surface area contributed by atoms with Gasteiger partial charge in [0.05, 0.1) is 12.4 Å². The smallest absolute Gasteiger partial charge is 0.224 e. The van der Waals surface area contributed by atoms with Crippen LogP contribution < -0.4 is 4.74 Å². The number of rotatable bonds is 3. The van der Waals surface area contributed by atoms with Crippen molar-refractivity contribution in [3.8, 4) is 11.6 Å². The molecule has 0 aliphatic rings. The van der Waals surface area contributed by atoms with Crippen molar-refractivity contribution in [3.05, 3.63) is 29.4 Å². The quantitative estimate of drug-likeness (QED) is 0.803. The molecule has 0 unspecified atom stereocenters. The molecule has 0 amide bonds. The Balaban J connectivity index is 2.26. The molecule has 0 N–H and O–H groups in total. The monoisotopic (exact) mass is 294 g/mol. The maximum atomic E-state index is 6.03. The number of ether oxygens (including phenoxy) is 1. The summed E-state index contributed by atoms with van der Waals surface area (Å²) in [5.41, 5.74) is -0.189. The lowest BCUT2D eigenvalue weighted by molar-refractivity contribution is 0.443. The third kappa shape index (κ3) is 3.48. The molecule has 0 atom stereocenters. The van der Waals surface area contributed by atoms with Crippen LogP contribution in [0, 0.1) is 0 Å². The number of hydrogen-bond acceptors (Lipinski definition) is 4. The molecule has 0 aliphatic carbocycles. The Kier molecular flexibility index (Phi) is 3.99. The molecule has 0 aliphatic heterocycles. The van der Waals surface area contributed by atoms with Crippen molar-refractivity contribution in [1.29, 1.82) is 0 Å². The minimum Gasteiger partial charge on any atom is -0.436 e. The van der Waals surface area contributed by atoms with Gasteiger partial charge in [-0.1, -0.05) is 32.4 Å². The molecule has 0 saturated carbocycles. The van der Waals surface area contributed by atoms with Gasteiger partial charge in [-0.3, -0.25) is 4.68 Å². The van der Waals surface area contributed by atoms with Crippen molar-refractivity contribution in [2.75, 3.05) is 0 Å². The molecule has 0 bridgehead atoms. The summed E-state index contributed by atoms with van der Waals surface area (Å²) in [7, 11) is 0. The molecule has 2 aromatic rings. The van der Waals surface area contributed by atoms with Crippen molar-refractivity contribution >= 4 is 11.6 Å². The lowest BCUT2D eigenvalue weighted by Gasteiger charge is -2.17. The summed E-state index contributed by atoms with van der Waals surface area (Å²) in [6.45, 7) is 10.2. The third-order valence-corrected chi connectivity index (χ3v) is 2.87. The maximum Gasteiger partial charge on any atom is 0.224 e. The maximum absolute atomic E-state index is 6.03. The van der Waals surface area contributed by atoms with Gasteiger partial charge in [0, 0.05) is 17.5 Å². The highest BCUT2D eigenvalue weighted by Gasteiger charge is 2.19. The topological polar surface area (TPSA) is 52.8 Å². The van der Waals surface area contributed by atoms with Gasteiger partial charge in [-0.15, -0.1) is 0 Å². The summed E-state index contributed by atoms with van der Waals surface area (Å²) in [6, 6.07) is 1.88. The van der Waals surface area contributed by atoms with Crippen LogP contribution in [0.1, 0.15) is 46.5 Å². The van der Waals surface area contributed by atoms with Crippen LogP contribution in [0.15, 0.2) is 18.5 Å². The van der Waals surface area contributed by atoms with E-state index in [0.717, 1.165) is 0 Å². The molecule has 0 radical (unpaired) electrons. The summed E-state index contributed by atoms with van der Waals surface area (Å²) in [5, 5.41) is 4.59. The standard InChI is InChI=1S/C14H19ClN4O/c1-9(2)19-8-10(7-16-19)20-12-6-11(15)17-13(18-12)14(3,4)5/h6-9H,1-5H3. The van der Waals surface area contributed by atoms with Gasteiger partial charge >= 0.3 is 0 Å². The van der Waals surface area contributed by atoms with Gasteiger partial charge < -0.3 is 4.74 Å². The molecular formula is C14H19ClN4O. The molecule has 0 spiro atoms. The number of halogens is 1. The summed E-state index contributed by atoms with van der Waals surface area (Å²) in [4.78, 5) is 8.63. The van der Waals surface area contributed by atoms with Crippen LogP contribution in [0.3, 0.4) is 0 Å². The first kappa shape index (κ1) is 14.8. The zero-order chi connectivity index (χ0) is 14.9. The number of hydrogen-bond donors (Lipinski definition) is 0. The zero-order valence-corrected chi connectivity index (χ0v) is 13.1. The second-order valence-electron chi connectivity index (χ2n) is 5.95. The highest BCUT2D eigenvalue weighted by molar-refractivity contribution is 6.29. The highest BCUT2D eigenvalue weighted by atomic mass is 35.5. The van der Waals surface area contributed by atoms with Gasteiger partial charge in [-0.2, -0.15) is 10.1 Å². The fourth-order valence-electron chi connectivity index (χ4n) is 1.56. The van der Waals surface area contributed by atoms with Crippen LogP contribution in [0.2, 0.25) is 5.15 Å². The molecule has 6 heteroatoms. The van der Waals surface area contributed by atoms with Crippen LogP contribution in [0.25, 0.3) is 0 Å². The normalized spacial score (nSPS) is 11.9. The van der Waals surface area contributed by atoms with Gasteiger partial charge in [0.25, 0.3) is 0 Å². The van der Waals surface area contributed by atoms with Crippen molar-refractivity contribution in [1.82, 2.24) is 19.7 Å². The first-order valence-electron chi connectivity index (χ1n) is 6.53. The van der Waals surface area contributed by atoms with E-state index in [9.17, 15) is 0 Å². The summed E-state index contributed by atoms with van der Waals surface area (Å²) >= 11 is 6.03. The fraction of sp³-hybridized carbons (Fsp3) is 0.500. The van der Waals surface area contributed by atoms with Crippen molar-refractivity contribution in [2.45, 2.75) is 46.1 Å². The highest BCUT2D eigenvalue weighted by Crippen LogP contribution is 2.26. The zero-order valence-electron chi connectivity index (χ0n) is 12.4. The number of aromatic nitrogens is 4. The van der Waals surface area contributed by atoms with E-state index in [1.54, 1.807) is 12.3 Å². The van der Waals surface area contributed by atoms with Gasteiger partial charge in [0.15, 0.2) is 5.75 Å². The lowest BCUT2D eigenvalue weighted by atomic mass is 9.96. The molecule has 0 aromatic carbocycles. The summed E-state index contributed by atoms with van der Waals surface area (Å²) < 4.78 is 7.53. The average molecular weight is 295 g/mol. The van der Waals surface area contributed by atoms with Crippen LogP contribution in [-0.4, -0.2) is 19.7 Å². The molecular weight excluding hydrogens is 276 g/mol. The fourth-order valence-corrected chi connectivity index (χ4v) is 1.73. The van der Waals surface area contributed by atoms with Crippen molar-refractivity contribution in [2.24, 2.45) is 0 Å². The van der Waals surface area contributed by atoms with E-state index in [1.807, 2.05) is 31.6 Å². The minimum atomic E-state index is -0.189. The van der Waals surface area contributed by atoms with Crippen LogP contribution in [0.5, 0.6) is 11.6 Å². The Morgan fingerprint density at radius 2 is 1.95 bits per heavy atom. The Bertz CT molecular complexity index is 601. The molecule has 5 nitrogen and oxygen atoms in total. The van der Waals surface area contributed by atoms with Gasteiger partial charge in [-0.25, -0.2) is 4.98 Å². The Morgan fingerprint density at radius 1 is 1.25 bits per heavy atom. The third-order valence-electron chi connectivity index (χ3n) is 2.67. The summed E-state index contributed by atoms with van der Waals surface area (Å²) in [6.07, 6.45) is 3.49. The lowest BCUT2D eigenvalue weighted by Crippen LogP contribution is -2.16. The molecule has 0 fully saturated rings. The van der Waals surface area contributed by atoms with E-state index in [4.69, 9.17) is 16.3 Å². The first-order chi connectivity index (χ1) is 9.25. The van der Waals surface area contributed by atoms with E-state index in [0.29, 0.717) is 22.6 Å². The van der Waals surface area contributed by atoms with E-state index in [2.05, 4.69) is 28.9 Å². The van der Waals surface area contributed by atoms with Crippen LogP contribution in [-0.2, 0) is 5.41 Å². The van der Waals surface area contributed by atoms with E-state index >= 15 is 0 Å². The molecule has 20 heavy (non-hydrogen) atoms. The SMILES string of the molecule is CC(C)n1cc(Oc2cc(Cl)nc(C(C)(C)C)n2)cn1. The average Bonchev–Trinajstić information content (AvgIpc) is 2.75. The van der Waals surface area contributed by atoms with Gasteiger partial charge in [0.1, 0.15) is 11.0 Å². The van der Waals surface area contributed by atoms with E-state index in [1.165, 1.54) is 0 Å². The molecule has 2 heterocycles. The predicted molar refractivity (Wildman–Crippen MR) is 78.4 cm³/mol. The second-order valence-corrected chi connectivity index (χ2v) is 6.34. The Labute approximate surface area is 124 Å². The van der Waals surface area contributed by atoms with Crippen LogP contribution in [0.4, 0.5) is 0 Å². The molecule has 0 saturated heterocycles. The van der Waals surface area contributed by atoms with E-state index in [-0.39, 0.29) is 11.5 Å². The second kappa shape index (κ2) is 5.40. The molecule has 2 aromatic heterocycles.